The van der Waals surface area contributed by atoms with Crippen LogP contribution < -0.4 is 5.32 Å². The van der Waals surface area contributed by atoms with Gasteiger partial charge in [0.2, 0.25) is 0 Å². The number of thiocyanates is 1. The monoisotopic (exact) mass is 291 g/mol. The van der Waals surface area contributed by atoms with E-state index in [1.54, 1.807) is 5.40 Å². The van der Waals surface area contributed by atoms with Gasteiger partial charge in [-0.1, -0.05) is 0 Å². The van der Waals surface area contributed by atoms with E-state index in [2.05, 4.69) is 5.32 Å². The summed E-state index contributed by atoms with van der Waals surface area (Å²) in [5.74, 6) is 0. The summed E-state index contributed by atoms with van der Waals surface area (Å²) in [5, 5.41) is 19.1. The third-order valence-electron chi connectivity index (χ3n) is 3.27. The minimum absolute atomic E-state index is 0.0727. The van der Waals surface area contributed by atoms with Crippen LogP contribution in [0.25, 0.3) is 0 Å². The van der Waals surface area contributed by atoms with E-state index < -0.39 is 16.9 Å². The molecule has 2 rings (SSSR count). The van der Waals surface area contributed by atoms with Crippen molar-refractivity contribution in [2.24, 2.45) is 5.41 Å². The van der Waals surface area contributed by atoms with Gasteiger partial charge in [-0.15, -0.1) is 0 Å². The highest BCUT2D eigenvalue weighted by Crippen LogP contribution is 2.47. The second-order valence-corrected chi connectivity index (χ2v) is 5.68. The molecule has 0 aromatic heterocycles. The summed E-state index contributed by atoms with van der Waals surface area (Å²) in [6, 6.07) is -0.239. The van der Waals surface area contributed by atoms with Crippen molar-refractivity contribution in [1.29, 1.82) is 10.7 Å². The van der Waals surface area contributed by atoms with Crippen molar-refractivity contribution in [2.45, 2.75) is 25.1 Å². The fraction of sp³-hybridized carbons (Fsp3) is 0.636. The molecule has 1 spiro atoms. The van der Waals surface area contributed by atoms with Crippen LogP contribution in [0.5, 0.6) is 0 Å². The summed E-state index contributed by atoms with van der Waals surface area (Å²) < 4.78 is 43.4. The molecule has 2 fully saturated rings. The van der Waals surface area contributed by atoms with Crippen LogP contribution in [0, 0.1) is 21.5 Å². The first-order valence-corrected chi connectivity index (χ1v) is 6.44. The fourth-order valence-electron chi connectivity index (χ4n) is 2.35. The van der Waals surface area contributed by atoms with Gasteiger partial charge in [0.05, 0.1) is 13.2 Å². The lowest BCUT2D eigenvalue weighted by Gasteiger charge is -2.53. The molecule has 1 aliphatic heterocycles. The maximum Gasteiger partial charge on any atom is 0.431 e. The molecule has 0 aromatic carbocycles. The molecule has 0 radical (unpaired) electrons. The van der Waals surface area contributed by atoms with Crippen LogP contribution in [0.4, 0.5) is 13.2 Å². The van der Waals surface area contributed by atoms with Crippen molar-refractivity contribution in [3.05, 3.63) is 11.8 Å². The van der Waals surface area contributed by atoms with Crippen LogP contribution in [-0.2, 0) is 4.74 Å². The Bertz CT molecular complexity index is 443. The third kappa shape index (κ3) is 3.22. The molecule has 1 saturated carbocycles. The summed E-state index contributed by atoms with van der Waals surface area (Å²) in [4.78, 5) is 0. The maximum atomic E-state index is 12.8. The van der Waals surface area contributed by atoms with Gasteiger partial charge in [0.1, 0.15) is 16.1 Å². The molecule has 0 unspecified atom stereocenters. The first-order chi connectivity index (χ1) is 8.85. The third-order valence-corrected chi connectivity index (χ3v) is 3.70. The number of hydrogen-bond acceptors (Lipinski definition) is 5. The van der Waals surface area contributed by atoms with Gasteiger partial charge in [-0.2, -0.15) is 18.4 Å². The van der Waals surface area contributed by atoms with Crippen molar-refractivity contribution in [3.63, 3.8) is 0 Å². The number of ether oxygens (including phenoxy) is 1. The molecule has 1 aliphatic carbocycles. The Hall–Kier alpha value is -1.20. The number of allylic oxidation sites excluding steroid dienone is 1. The molecular formula is C11H12F3N3OS. The number of hydrogen-bond donors (Lipinski definition) is 2. The molecule has 2 N–H and O–H groups in total. The van der Waals surface area contributed by atoms with Gasteiger partial charge in [0.25, 0.3) is 0 Å². The second-order valence-electron chi connectivity index (χ2n) is 4.86. The molecular weight excluding hydrogens is 279 g/mol. The number of nitriles is 1. The van der Waals surface area contributed by atoms with E-state index >= 15 is 0 Å². The standard InChI is InChI=1S/C11H12F3N3OS/c12-11(13,14)8(1-9(16)19-6-15)17-7-2-10(3-7)4-18-5-10/h1,7,16-17H,2-5H2/b8-1-,16-9?. The van der Waals surface area contributed by atoms with Gasteiger partial charge >= 0.3 is 6.18 Å². The topological polar surface area (TPSA) is 68.9 Å². The van der Waals surface area contributed by atoms with Gasteiger partial charge in [0, 0.05) is 23.2 Å². The van der Waals surface area contributed by atoms with E-state index in [0.29, 0.717) is 43.9 Å². The summed E-state index contributed by atoms with van der Waals surface area (Å²) in [5.41, 5.74) is -0.885. The molecule has 1 saturated heterocycles. The van der Waals surface area contributed by atoms with Crippen LogP contribution in [0.15, 0.2) is 11.8 Å². The van der Waals surface area contributed by atoms with Crippen LogP contribution >= 0.6 is 11.8 Å². The van der Waals surface area contributed by atoms with E-state index in [9.17, 15) is 13.2 Å². The smallest absolute Gasteiger partial charge is 0.380 e. The molecule has 0 bridgehead atoms. The first-order valence-electron chi connectivity index (χ1n) is 5.62. The van der Waals surface area contributed by atoms with E-state index in [-0.39, 0.29) is 11.5 Å². The number of rotatable bonds is 3. The van der Waals surface area contributed by atoms with E-state index in [1.807, 2.05) is 0 Å². The molecule has 104 valence electrons. The lowest BCUT2D eigenvalue weighted by molar-refractivity contribution is -0.169. The molecule has 0 atom stereocenters. The summed E-state index contributed by atoms with van der Waals surface area (Å²) in [6.07, 6.45) is -2.57. The Morgan fingerprint density at radius 2 is 2.11 bits per heavy atom. The predicted octanol–water partition coefficient (Wildman–Crippen LogP) is 2.39. The van der Waals surface area contributed by atoms with Crippen molar-refractivity contribution in [1.82, 2.24) is 5.32 Å². The van der Waals surface area contributed by atoms with E-state index in [4.69, 9.17) is 15.4 Å². The Morgan fingerprint density at radius 3 is 2.53 bits per heavy atom. The Balaban J connectivity index is 1.96. The zero-order chi connectivity index (χ0) is 14.1. The SMILES string of the molecule is N#CSC(=N)/C=C(\NC1CC2(COC2)C1)C(F)(F)F. The van der Waals surface area contributed by atoms with Crippen LogP contribution in [0.2, 0.25) is 0 Å². The second kappa shape index (κ2) is 5.06. The van der Waals surface area contributed by atoms with Crippen molar-refractivity contribution in [2.75, 3.05) is 13.2 Å². The average molecular weight is 291 g/mol. The number of thioether (sulfide) groups is 1. The zero-order valence-corrected chi connectivity index (χ0v) is 10.7. The predicted molar refractivity (Wildman–Crippen MR) is 64.5 cm³/mol. The molecule has 0 aromatic rings. The molecule has 4 nitrogen and oxygen atoms in total. The molecule has 8 heteroatoms. The number of nitrogens with zero attached hydrogens (tertiary/aromatic N) is 1. The number of nitrogens with one attached hydrogen (secondary N) is 2. The summed E-state index contributed by atoms with van der Waals surface area (Å²) in [6.45, 7) is 1.24. The van der Waals surface area contributed by atoms with Crippen molar-refractivity contribution in [3.8, 4) is 5.40 Å². The quantitative estimate of drug-likeness (QED) is 0.476. The fourth-order valence-corrected chi connectivity index (χ4v) is 2.62. The Labute approximate surface area is 112 Å². The van der Waals surface area contributed by atoms with Gasteiger partial charge in [-0.05, 0) is 18.9 Å². The summed E-state index contributed by atoms with van der Waals surface area (Å²) >= 11 is 0.396. The Kier molecular flexibility index (Phi) is 3.78. The van der Waals surface area contributed by atoms with Crippen LogP contribution in [0.3, 0.4) is 0 Å². The number of alkyl halides is 3. The number of halogens is 3. The van der Waals surface area contributed by atoms with E-state index in [0.717, 1.165) is 0 Å². The largest absolute Gasteiger partial charge is 0.431 e. The molecule has 19 heavy (non-hydrogen) atoms. The van der Waals surface area contributed by atoms with Crippen molar-refractivity contribution < 1.29 is 17.9 Å². The van der Waals surface area contributed by atoms with Crippen LogP contribution in [-0.4, -0.2) is 30.5 Å². The minimum Gasteiger partial charge on any atom is -0.380 e. The first kappa shape index (κ1) is 14.2. The lowest BCUT2D eigenvalue weighted by Crippen LogP contribution is -2.59. The minimum atomic E-state index is -4.54. The summed E-state index contributed by atoms with van der Waals surface area (Å²) in [7, 11) is 0. The lowest BCUT2D eigenvalue weighted by atomic mass is 9.64. The molecule has 1 heterocycles. The maximum absolute atomic E-state index is 12.8. The molecule has 2 aliphatic rings. The highest BCUT2D eigenvalue weighted by Gasteiger charge is 2.51. The normalized spacial score (nSPS) is 22.3. The van der Waals surface area contributed by atoms with Gasteiger partial charge in [-0.3, -0.25) is 5.41 Å². The van der Waals surface area contributed by atoms with Crippen LogP contribution in [0.1, 0.15) is 12.8 Å². The van der Waals surface area contributed by atoms with Gasteiger partial charge < -0.3 is 10.1 Å². The van der Waals surface area contributed by atoms with Crippen molar-refractivity contribution >= 4 is 16.8 Å². The Morgan fingerprint density at radius 1 is 1.47 bits per heavy atom. The van der Waals surface area contributed by atoms with E-state index in [1.165, 1.54) is 0 Å². The van der Waals surface area contributed by atoms with Gasteiger partial charge in [-0.25, -0.2) is 0 Å². The average Bonchev–Trinajstić information content (AvgIpc) is 2.16. The molecule has 0 amide bonds. The highest BCUT2D eigenvalue weighted by atomic mass is 32.2. The van der Waals surface area contributed by atoms with Gasteiger partial charge in [0.15, 0.2) is 0 Å². The zero-order valence-electron chi connectivity index (χ0n) is 9.88. The highest BCUT2D eigenvalue weighted by molar-refractivity contribution is 8.18.